The minimum absolute atomic E-state index is 0.335. The largest absolute Gasteiger partial charge is 0.333 e. The summed E-state index contributed by atoms with van der Waals surface area (Å²) in [6.07, 6.45) is 2.66. The molecule has 7 heteroatoms. The highest BCUT2D eigenvalue weighted by molar-refractivity contribution is 7.98. The van der Waals surface area contributed by atoms with E-state index in [2.05, 4.69) is 15.0 Å². The number of thioether (sulfide) groups is 1. The van der Waals surface area contributed by atoms with Crippen LogP contribution in [0.4, 0.5) is 8.78 Å². The summed E-state index contributed by atoms with van der Waals surface area (Å²) in [5, 5.41) is 0.703. The summed E-state index contributed by atoms with van der Waals surface area (Å²) >= 11 is 1.36. The summed E-state index contributed by atoms with van der Waals surface area (Å²) in [5.74, 6) is 0.678. The van der Waals surface area contributed by atoms with Crippen LogP contribution < -0.4 is 0 Å². The van der Waals surface area contributed by atoms with Crippen LogP contribution in [0.15, 0.2) is 35.7 Å². The van der Waals surface area contributed by atoms with Crippen LogP contribution in [0.25, 0.3) is 11.0 Å². The summed E-state index contributed by atoms with van der Waals surface area (Å²) in [6.45, 7) is -0.557. The molecule has 2 heterocycles. The van der Waals surface area contributed by atoms with Gasteiger partial charge in [0.05, 0.1) is 16.8 Å². The molecule has 0 radical (unpaired) electrons. The lowest BCUT2D eigenvalue weighted by Gasteiger charge is -2.04. The first-order chi connectivity index (χ1) is 9.63. The predicted molar refractivity (Wildman–Crippen MR) is 73.9 cm³/mol. The number of benzene rings is 1. The Morgan fingerprint density at radius 2 is 2.25 bits per heavy atom. The van der Waals surface area contributed by atoms with Gasteiger partial charge in [0.25, 0.3) is 0 Å². The molecule has 1 aromatic carbocycles. The number of aryl methyl sites for hydroxylation is 1. The van der Waals surface area contributed by atoms with Gasteiger partial charge in [0.15, 0.2) is 5.16 Å². The number of alkyl halides is 2. The number of rotatable bonds is 4. The Bertz CT molecular complexity index is 735. The fourth-order valence-corrected chi connectivity index (χ4v) is 2.77. The van der Waals surface area contributed by atoms with Gasteiger partial charge in [-0.1, -0.05) is 17.8 Å². The summed E-state index contributed by atoms with van der Waals surface area (Å²) in [4.78, 5) is 11.5. The highest BCUT2D eigenvalue weighted by atomic mass is 32.2. The number of nitrogens with one attached hydrogen (secondary N) is 1. The van der Waals surface area contributed by atoms with Gasteiger partial charge < -0.3 is 4.98 Å². The lowest BCUT2D eigenvalue weighted by molar-refractivity contribution is 0.0678. The van der Waals surface area contributed by atoms with E-state index >= 15 is 0 Å². The van der Waals surface area contributed by atoms with E-state index in [9.17, 15) is 8.78 Å². The zero-order chi connectivity index (χ0) is 14.1. The van der Waals surface area contributed by atoms with Crippen LogP contribution in [0.3, 0.4) is 0 Å². The van der Waals surface area contributed by atoms with Gasteiger partial charge in [0.2, 0.25) is 0 Å². The number of aromatic nitrogens is 4. The maximum Gasteiger partial charge on any atom is 0.319 e. The quantitative estimate of drug-likeness (QED) is 0.745. The van der Waals surface area contributed by atoms with Crippen molar-refractivity contribution in [2.75, 3.05) is 0 Å². The van der Waals surface area contributed by atoms with Crippen LogP contribution >= 0.6 is 11.8 Å². The van der Waals surface area contributed by atoms with E-state index in [4.69, 9.17) is 0 Å². The molecule has 0 fully saturated rings. The van der Waals surface area contributed by atoms with Gasteiger partial charge in [-0.2, -0.15) is 8.78 Å². The summed E-state index contributed by atoms with van der Waals surface area (Å²) in [6, 6.07) is 5.93. The maximum absolute atomic E-state index is 12.7. The van der Waals surface area contributed by atoms with Crippen LogP contribution in [-0.4, -0.2) is 19.5 Å². The topological polar surface area (TPSA) is 46.5 Å². The second-order valence-corrected chi connectivity index (χ2v) is 5.34. The molecule has 4 nitrogen and oxygen atoms in total. The van der Waals surface area contributed by atoms with Gasteiger partial charge in [-0.05, 0) is 24.6 Å². The van der Waals surface area contributed by atoms with Crippen molar-refractivity contribution in [2.24, 2.45) is 0 Å². The molecule has 3 rings (SSSR count). The zero-order valence-corrected chi connectivity index (χ0v) is 11.5. The number of nitrogens with zero attached hydrogens (tertiary/aromatic N) is 3. The van der Waals surface area contributed by atoms with Gasteiger partial charge in [0, 0.05) is 12.4 Å². The molecule has 0 aliphatic heterocycles. The van der Waals surface area contributed by atoms with E-state index in [-0.39, 0.29) is 0 Å². The molecular formula is C13H12F2N4S. The number of hydrogen-bond acceptors (Lipinski definition) is 3. The van der Waals surface area contributed by atoms with E-state index in [1.165, 1.54) is 24.2 Å². The van der Waals surface area contributed by atoms with Gasteiger partial charge >= 0.3 is 6.55 Å². The minimum atomic E-state index is -2.56. The molecule has 0 spiro atoms. The predicted octanol–water partition coefficient (Wildman–Crippen LogP) is 3.76. The number of H-pyrrole nitrogens is 1. The molecule has 0 aliphatic rings. The Morgan fingerprint density at radius 3 is 3.05 bits per heavy atom. The van der Waals surface area contributed by atoms with Crippen molar-refractivity contribution in [2.45, 2.75) is 24.4 Å². The molecule has 0 amide bonds. The van der Waals surface area contributed by atoms with Crippen LogP contribution in [-0.2, 0) is 5.75 Å². The van der Waals surface area contributed by atoms with Gasteiger partial charge in [-0.15, -0.1) is 0 Å². The average Bonchev–Trinajstić information content (AvgIpc) is 3.01. The van der Waals surface area contributed by atoms with Crippen molar-refractivity contribution < 1.29 is 8.78 Å². The molecule has 1 N–H and O–H groups in total. The third-order valence-corrected chi connectivity index (χ3v) is 3.78. The zero-order valence-electron chi connectivity index (χ0n) is 10.7. The first-order valence-electron chi connectivity index (χ1n) is 6.02. The van der Waals surface area contributed by atoms with Crippen LogP contribution in [0, 0.1) is 6.92 Å². The monoisotopic (exact) mass is 294 g/mol. The van der Waals surface area contributed by atoms with Gasteiger partial charge in [0.1, 0.15) is 5.82 Å². The number of halogens is 2. The second kappa shape index (κ2) is 5.24. The molecule has 20 heavy (non-hydrogen) atoms. The number of imidazole rings is 2. The van der Waals surface area contributed by atoms with Crippen molar-refractivity contribution in [3.05, 3.63) is 42.0 Å². The molecule has 0 unspecified atom stereocenters. The van der Waals surface area contributed by atoms with Crippen molar-refractivity contribution in [1.29, 1.82) is 0 Å². The lowest BCUT2D eigenvalue weighted by atomic mass is 10.2. The first kappa shape index (κ1) is 13.1. The smallest absolute Gasteiger partial charge is 0.319 e. The van der Waals surface area contributed by atoms with Gasteiger partial charge in [-0.3, -0.25) is 4.57 Å². The van der Waals surface area contributed by atoms with E-state index in [0.717, 1.165) is 21.2 Å². The Labute approximate surface area is 118 Å². The van der Waals surface area contributed by atoms with Crippen LogP contribution in [0.1, 0.15) is 17.9 Å². The molecule has 0 atom stereocenters. The molecular weight excluding hydrogens is 282 g/mol. The normalized spacial score (nSPS) is 11.6. The Morgan fingerprint density at radius 1 is 1.40 bits per heavy atom. The summed E-state index contributed by atoms with van der Waals surface area (Å²) in [5.41, 5.74) is 2.96. The van der Waals surface area contributed by atoms with Crippen molar-refractivity contribution in [3.63, 3.8) is 0 Å². The van der Waals surface area contributed by atoms with E-state index in [1.807, 2.05) is 25.1 Å². The lowest BCUT2D eigenvalue weighted by Crippen LogP contribution is -2.02. The SMILES string of the molecule is Cc1ccc2nc(SCc3nccn3C(F)F)[nH]c2c1. The third kappa shape index (κ3) is 2.53. The molecule has 0 saturated carbocycles. The minimum Gasteiger partial charge on any atom is -0.333 e. The fraction of sp³-hybridized carbons (Fsp3) is 0.231. The molecule has 3 aromatic rings. The molecule has 0 saturated heterocycles. The number of fused-ring (bicyclic) bond motifs is 1. The Balaban J connectivity index is 1.78. The Kier molecular flexibility index (Phi) is 3.43. The number of hydrogen-bond donors (Lipinski definition) is 1. The van der Waals surface area contributed by atoms with E-state index in [1.54, 1.807) is 0 Å². The highest BCUT2D eigenvalue weighted by Crippen LogP contribution is 2.24. The highest BCUT2D eigenvalue weighted by Gasteiger charge is 2.12. The fourth-order valence-electron chi connectivity index (χ4n) is 1.93. The number of aromatic amines is 1. The van der Waals surface area contributed by atoms with Crippen molar-refractivity contribution >= 4 is 22.8 Å². The molecule has 0 aliphatic carbocycles. The summed E-state index contributed by atoms with van der Waals surface area (Å²) in [7, 11) is 0. The summed E-state index contributed by atoms with van der Waals surface area (Å²) < 4.78 is 26.2. The third-order valence-electron chi connectivity index (χ3n) is 2.91. The average molecular weight is 294 g/mol. The Hall–Kier alpha value is -1.89. The van der Waals surface area contributed by atoms with E-state index in [0.29, 0.717) is 16.7 Å². The molecule has 0 bridgehead atoms. The van der Waals surface area contributed by atoms with Crippen molar-refractivity contribution in [1.82, 2.24) is 19.5 Å². The van der Waals surface area contributed by atoms with Crippen LogP contribution in [0.5, 0.6) is 0 Å². The van der Waals surface area contributed by atoms with Crippen molar-refractivity contribution in [3.8, 4) is 0 Å². The van der Waals surface area contributed by atoms with Crippen LogP contribution in [0.2, 0.25) is 0 Å². The maximum atomic E-state index is 12.7. The molecule has 104 valence electrons. The van der Waals surface area contributed by atoms with Gasteiger partial charge in [-0.25, -0.2) is 9.97 Å². The first-order valence-corrected chi connectivity index (χ1v) is 7.01. The standard InChI is InChI=1S/C13H12F2N4S/c1-8-2-3-9-10(6-8)18-13(17-9)20-7-11-16-4-5-19(11)12(14)15/h2-6,12H,7H2,1H3,(H,17,18). The molecule has 2 aromatic heterocycles. The second-order valence-electron chi connectivity index (χ2n) is 4.38. The van der Waals surface area contributed by atoms with E-state index < -0.39 is 6.55 Å².